The zero-order chi connectivity index (χ0) is 11.1. The van der Waals surface area contributed by atoms with Crippen molar-refractivity contribution in [3.05, 3.63) is 48.0 Å². The van der Waals surface area contributed by atoms with E-state index in [9.17, 15) is 0 Å². The molecule has 2 heteroatoms. The number of aromatic nitrogens is 1. The van der Waals surface area contributed by atoms with E-state index in [0.717, 1.165) is 11.0 Å². The molecule has 0 aliphatic carbocycles. The van der Waals surface area contributed by atoms with Crippen LogP contribution in [0.5, 0.6) is 0 Å². The molecule has 0 bridgehead atoms. The van der Waals surface area contributed by atoms with E-state index in [0.29, 0.717) is 0 Å². The van der Waals surface area contributed by atoms with Crippen molar-refractivity contribution in [3.8, 4) is 0 Å². The molecule has 0 N–H and O–H groups in total. The third-order valence-corrected chi connectivity index (χ3v) is 2.97. The molecular weight excluding hydrogens is 198 g/mol. The molecule has 2 aromatic carbocycles. The first-order valence-corrected chi connectivity index (χ1v) is 5.35. The molecule has 3 aromatic rings. The maximum atomic E-state index is 5.44. The van der Waals surface area contributed by atoms with E-state index in [1.54, 1.807) is 7.11 Å². The molecular formula is C14H13NO. The molecule has 0 unspecified atom stereocenters. The minimum atomic E-state index is 1.12. The van der Waals surface area contributed by atoms with Crippen molar-refractivity contribution in [1.82, 2.24) is 4.73 Å². The van der Waals surface area contributed by atoms with Gasteiger partial charge in [-0.15, -0.1) is 0 Å². The predicted octanol–water partition coefficient (Wildman–Crippen LogP) is 3.16. The molecule has 0 saturated carbocycles. The van der Waals surface area contributed by atoms with Crippen LogP contribution < -0.4 is 4.84 Å². The van der Waals surface area contributed by atoms with Gasteiger partial charge < -0.3 is 4.84 Å². The average Bonchev–Trinajstić information content (AvgIpc) is 2.62. The largest absolute Gasteiger partial charge is 0.417 e. The molecule has 16 heavy (non-hydrogen) atoms. The Bertz CT molecular complexity index is 667. The Morgan fingerprint density at radius 3 is 2.50 bits per heavy atom. The van der Waals surface area contributed by atoms with Crippen molar-refractivity contribution >= 4 is 21.8 Å². The van der Waals surface area contributed by atoms with Crippen LogP contribution in [0.15, 0.2) is 42.5 Å². The van der Waals surface area contributed by atoms with Gasteiger partial charge in [0.15, 0.2) is 0 Å². The second-order valence-electron chi connectivity index (χ2n) is 4.01. The summed E-state index contributed by atoms with van der Waals surface area (Å²) in [5.41, 5.74) is 3.51. The van der Waals surface area contributed by atoms with Crippen LogP contribution in [0, 0.1) is 6.92 Å². The maximum Gasteiger partial charge on any atom is 0.104 e. The van der Waals surface area contributed by atoms with Crippen LogP contribution in [-0.4, -0.2) is 11.8 Å². The molecule has 1 heterocycles. The Hall–Kier alpha value is -1.96. The fourth-order valence-electron chi connectivity index (χ4n) is 2.25. The average molecular weight is 211 g/mol. The van der Waals surface area contributed by atoms with Crippen LogP contribution in [0.3, 0.4) is 0 Å². The lowest BCUT2D eigenvalue weighted by Gasteiger charge is -2.03. The van der Waals surface area contributed by atoms with E-state index in [2.05, 4.69) is 43.3 Å². The molecule has 0 aliphatic heterocycles. The van der Waals surface area contributed by atoms with Crippen LogP contribution >= 0.6 is 0 Å². The molecule has 0 amide bonds. The minimum absolute atomic E-state index is 1.12. The summed E-state index contributed by atoms with van der Waals surface area (Å²) in [4.78, 5) is 5.44. The first-order chi connectivity index (χ1) is 7.81. The number of benzene rings is 2. The highest BCUT2D eigenvalue weighted by Gasteiger charge is 2.09. The number of hydrogen-bond donors (Lipinski definition) is 0. The predicted molar refractivity (Wildman–Crippen MR) is 66.7 cm³/mol. The third-order valence-electron chi connectivity index (χ3n) is 2.97. The Kier molecular flexibility index (Phi) is 1.90. The summed E-state index contributed by atoms with van der Waals surface area (Å²) in [6.45, 7) is 2.11. The van der Waals surface area contributed by atoms with E-state index in [-0.39, 0.29) is 0 Å². The summed E-state index contributed by atoms with van der Waals surface area (Å²) >= 11 is 0. The van der Waals surface area contributed by atoms with Gasteiger partial charge in [-0.1, -0.05) is 29.8 Å². The summed E-state index contributed by atoms with van der Waals surface area (Å²) in [5, 5.41) is 2.49. The Morgan fingerprint density at radius 1 is 0.938 bits per heavy atom. The third kappa shape index (κ3) is 1.13. The normalized spacial score (nSPS) is 11.1. The first-order valence-electron chi connectivity index (χ1n) is 5.35. The van der Waals surface area contributed by atoms with Gasteiger partial charge in [0, 0.05) is 10.8 Å². The van der Waals surface area contributed by atoms with Crippen molar-refractivity contribution in [2.24, 2.45) is 0 Å². The number of nitrogens with zero attached hydrogens (tertiary/aromatic N) is 1. The zero-order valence-electron chi connectivity index (χ0n) is 9.40. The molecule has 0 saturated heterocycles. The summed E-state index contributed by atoms with van der Waals surface area (Å²) in [7, 11) is 1.70. The van der Waals surface area contributed by atoms with Gasteiger partial charge in [0.2, 0.25) is 0 Å². The van der Waals surface area contributed by atoms with Crippen LogP contribution in [-0.2, 0) is 0 Å². The number of para-hydroxylation sites is 1. The van der Waals surface area contributed by atoms with Crippen LogP contribution in [0.1, 0.15) is 5.56 Å². The second kappa shape index (κ2) is 3.27. The summed E-state index contributed by atoms with van der Waals surface area (Å²) in [6, 6.07) is 14.7. The highest BCUT2D eigenvalue weighted by atomic mass is 16.6. The van der Waals surface area contributed by atoms with E-state index in [1.165, 1.54) is 16.3 Å². The fraction of sp³-hybridized carbons (Fsp3) is 0.143. The lowest BCUT2D eigenvalue weighted by Crippen LogP contribution is -2.04. The van der Waals surface area contributed by atoms with Gasteiger partial charge in [-0.3, -0.25) is 0 Å². The number of fused-ring (bicyclic) bond motifs is 3. The molecule has 0 radical (unpaired) electrons. The second-order valence-corrected chi connectivity index (χ2v) is 4.01. The maximum absolute atomic E-state index is 5.44. The smallest absolute Gasteiger partial charge is 0.104 e. The van der Waals surface area contributed by atoms with Crippen molar-refractivity contribution in [1.29, 1.82) is 0 Å². The minimum Gasteiger partial charge on any atom is -0.417 e. The Balaban J connectivity index is 2.59. The lowest BCUT2D eigenvalue weighted by atomic mass is 10.1. The van der Waals surface area contributed by atoms with Gasteiger partial charge in [0.1, 0.15) is 7.11 Å². The molecule has 0 aliphatic rings. The van der Waals surface area contributed by atoms with Crippen LogP contribution in [0.4, 0.5) is 0 Å². The zero-order valence-corrected chi connectivity index (χ0v) is 9.40. The number of aryl methyl sites for hydroxylation is 1. The molecule has 80 valence electrons. The highest BCUT2D eigenvalue weighted by molar-refractivity contribution is 6.07. The van der Waals surface area contributed by atoms with Crippen molar-refractivity contribution in [2.45, 2.75) is 6.92 Å². The lowest BCUT2D eigenvalue weighted by molar-refractivity contribution is 0.190. The van der Waals surface area contributed by atoms with Crippen molar-refractivity contribution < 1.29 is 4.84 Å². The van der Waals surface area contributed by atoms with E-state index >= 15 is 0 Å². The monoisotopic (exact) mass is 211 g/mol. The van der Waals surface area contributed by atoms with Crippen molar-refractivity contribution in [3.63, 3.8) is 0 Å². The summed E-state index contributed by atoms with van der Waals surface area (Å²) in [6.07, 6.45) is 0. The number of hydrogen-bond acceptors (Lipinski definition) is 1. The van der Waals surface area contributed by atoms with Gasteiger partial charge >= 0.3 is 0 Å². The van der Waals surface area contributed by atoms with E-state index < -0.39 is 0 Å². The molecule has 2 nitrogen and oxygen atoms in total. The standard InChI is InChI=1S/C14H13NO/c1-10-7-8-14-12(9-10)11-5-3-4-6-13(11)15(14)16-2/h3-9H,1-2H3. The summed E-state index contributed by atoms with van der Waals surface area (Å²) < 4.78 is 1.88. The fourth-order valence-corrected chi connectivity index (χ4v) is 2.25. The van der Waals surface area contributed by atoms with Crippen molar-refractivity contribution in [2.75, 3.05) is 7.11 Å². The molecule has 1 aromatic heterocycles. The highest BCUT2D eigenvalue weighted by Crippen LogP contribution is 2.28. The first kappa shape index (κ1) is 9.28. The van der Waals surface area contributed by atoms with Gasteiger partial charge in [-0.2, -0.15) is 4.73 Å². The van der Waals surface area contributed by atoms with Gasteiger partial charge in [-0.25, -0.2) is 0 Å². The molecule has 0 spiro atoms. The molecule has 0 fully saturated rings. The van der Waals surface area contributed by atoms with E-state index in [4.69, 9.17) is 4.84 Å². The van der Waals surface area contributed by atoms with Gasteiger partial charge in [0.05, 0.1) is 11.0 Å². The topological polar surface area (TPSA) is 14.2 Å². The van der Waals surface area contributed by atoms with Crippen LogP contribution in [0.2, 0.25) is 0 Å². The Labute approximate surface area is 94.0 Å². The summed E-state index contributed by atoms with van der Waals surface area (Å²) in [5.74, 6) is 0. The molecule has 0 atom stereocenters. The quantitative estimate of drug-likeness (QED) is 0.603. The van der Waals surface area contributed by atoms with Gasteiger partial charge in [0.25, 0.3) is 0 Å². The Morgan fingerprint density at radius 2 is 1.69 bits per heavy atom. The number of rotatable bonds is 1. The molecule has 3 rings (SSSR count). The van der Waals surface area contributed by atoms with Gasteiger partial charge in [-0.05, 0) is 25.1 Å². The SMILES string of the molecule is COn1c2ccccc2c2cc(C)ccc21. The van der Waals surface area contributed by atoms with E-state index in [1.807, 2.05) is 10.8 Å². The van der Waals surface area contributed by atoms with Crippen LogP contribution in [0.25, 0.3) is 21.8 Å².